The molecule has 0 aliphatic heterocycles. The maximum absolute atomic E-state index is 13.4. The van der Waals surface area contributed by atoms with Crippen LogP contribution in [0.2, 0.25) is 0 Å². The molecule has 8 nitrogen and oxygen atoms in total. The van der Waals surface area contributed by atoms with Gasteiger partial charge < -0.3 is 20.4 Å². The minimum atomic E-state index is -0.314. The fourth-order valence-electron chi connectivity index (χ4n) is 3.26. The normalized spacial score (nSPS) is 10.7. The number of aromatic amines is 1. The van der Waals surface area contributed by atoms with Crippen LogP contribution in [-0.2, 0) is 4.79 Å². The molecule has 4 rings (SSSR count). The van der Waals surface area contributed by atoms with Gasteiger partial charge >= 0.3 is 0 Å². The predicted molar refractivity (Wildman–Crippen MR) is 132 cm³/mol. The lowest BCUT2D eigenvalue weighted by atomic mass is 10.1. The molecular formula is C24H23FN6O2S. The number of thioether (sulfide) groups is 1. The Labute approximate surface area is 200 Å². The van der Waals surface area contributed by atoms with Crippen molar-refractivity contribution in [2.75, 3.05) is 24.0 Å². The van der Waals surface area contributed by atoms with Crippen LogP contribution in [0.3, 0.4) is 0 Å². The molecule has 0 unspecified atom stereocenters. The first-order chi connectivity index (χ1) is 16.5. The Bertz CT molecular complexity index is 1310. The standard InChI is InChI=1S/C24H23FN6O2S/c1-4-20(32)27-16-9-10-19(33-2)18(13-16)29-23-26-12-11-17(28-23)22-21(30-24(31-22)34-3)14-5-7-15(25)8-6-14/h5-13H,4H2,1-3H3,(H,27,32)(H,30,31)(H,26,28,29). The molecule has 174 valence electrons. The van der Waals surface area contributed by atoms with Gasteiger partial charge in [0.1, 0.15) is 11.6 Å². The Balaban J connectivity index is 1.69. The summed E-state index contributed by atoms with van der Waals surface area (Å²) in [5.74, 6) is 0.499. The molecule has 0 saturated heterocycles. The number of imidazole rings is 1. The molecule has 3 N–H and O–H groups in total. The largest absolute Gasteiger partial charge is 0.495 e. The van der Waals surface area contributed by atoms with Gasteiger partial charge in [0.15, 0.2) is 5.16 Å². The lowest BCUT2D eigenvalue weighted by molar-refractivity contribution is -0.115. The van der Waals surface area contributed by atoms with Gasteiger partial charge in [-0.2, -0.15) is 0 Å². The molecule has 0 saturated carbocycles. The number of halogens is 1. The van der Waals surface area contributed by atoms with Gasteiger partial charge in [-0.1, -0.05) is 18.7 Å². The predicted octanol–water partition coefficient (Wildman–Crippen LogP) is 5.50. The maximum atomic E-state index is 13.4. The number of amides is 1. The minimum Gasteiger partial charge on any atom is -0.495 e. The number of anilines is 3. The van der Waals surface area contributed by atoms with Crippen molar-refractivity contribution in [3.05, 3.63) is 60.5 Å². The minimum absolute atomic E-state index is 0.0912. The van der Waals surface area contributed by atoms with E-state index in [0.29, 0.717) is 51.7 Å². The number of nitrogens with zero attached hydrogens (tertiary/aromatic N) is 3. The highest BCUT2D eigenvalue weighted by Gasteiger charge is 2.16. The Hall–Kier alpha value is -3.92. The van der Waals surface area contributed by atoms with Crippen molar-refractivity contribution in [1.29, 1.82) is 0 Å². The fraction of sp³-hybridized carbons (Fsp3) is 0.167. The van der Waals surface area contributed by atoms with E-state index in [1.54, 1.807) is 56.6 Å². The molecule has 2 heterocycles. The van der Waals surface area contributed by atoms with Gasteiger partial charge in [-0.05, 0) is 54.8 Å². The fourth-order valence-corrected chi connectivity index (χ4v) is 3.65. The maximum Gasteiger partial charge on any atom is 0.227 e. The third kappa shape index (κ3) is 5.18. The van der Waals surface area contributed by atoms with E-state index >= 15 is 0 Å². The number of nitrogens with one attached hydrogen (secondary N) is 3. The topological polar surface area (TPSA) is 105 Å². The van der Waals surface area contributed by atoms with Crippen LogP contribution in [0.1, 0.15) is 13.3 Å². The van der Waals surface area contributed by atoms with Crippen molar-refractivity contribution < 1.29 is 13.9 Å². The number of carbonyl (C=O) groups is 1. The summed E-state index contributed by atoms with van der Waals surface area (Å²) in [4.78, 5) is 28.7. The summed E-state index contributed by atoms with van der Waals surface area (Å²) in [6, 6.07) is 13.2. The monoisotopic (exact) mass is 478 g/mol. The third-order valence-corrected chi connectivity index (χ3v) is 5.54. The first-order valence-corrected chi connectivity index (χ1v) is 11.7. The van der Waals surface area contributed by atoms with Crippen LogP contribution in [0.25, 0.3) is 22.6 Å². The third-order valence-electron chi connectivity index (χ3n) is 4.96. The van der Waals surface area contributed by atoms with Gasteiger partial charge in [0.2, 0.25) is 11.9 Å². The molecule has 0 aliphatic rings. The molecule has 2 aromatic carbocycles. The number of hydrogen-bond donors (Lipinski definition) is 3. The molecule has 2 aromatic heterocycles. The van der Waals surface area contributed by atoms with Crippen molar-refractivity contribution in [1.82, 2.24) is 19.9 Å². The molecule has 4 aromatic rings. The summed E-state index contributed by atoms with van der Waals surface area (Å²) in [6.45, 7) is 1.79. The summed E-state index contributed by atoms with van der Waals surface area (Å²) in [5.41, 5.74) is 3.96. The lowest BCUT2D eigenvalue weighted by Crippen LogP contribution is -2.10. The summed E-state index contributed by atoms with van der Waals surface area (Å²) in [5, 5.41) is 6.70. The van der Waals surface area contributed by atoms with Gasteiger partial charge in [0.25, 0.3) is 0 Å². The van der Waals surface area contributed by atoms with E-state index < -0.39 is 0 Å². The highest BCUT2D eigenvalue weighted by atomic mass is 32.2. The Morgan fingerprint density at radius 3 is 2.65 bits per heavy atom. The second-order valence-electron chi connectivity index (χ2n) is 7.18. The molecule has 0 radical (unpaired) electrons. The van der Waals surface area contributed by atoms with Crippen LogP contribution in [0, 0.1) is 5.82 Å². The number of aromatic nitrogens is 4. The van der Waals surface area contributed by atoms with E-state index in [4.69, 9.17) is 4.74 Å². The van der Waals surface area contributed by atoms with Crippen LogP contribution < -0.4 is 15.4 Å². The second kappa shape index (κ2) is 10.3. The van der Waals surface area contributed by atoms with Gasteiger partial charge in [-0.25, -0.2) is 19.3 Å². The number of H-pyrrole nitrogens is 1. The van der Waals surface area contributed by atoms with E-state index in [9.17, 15) is 9.18 Å². The van der Waals surface area contributed by atoms with E-state index in [0.717, 1.165) is 5.56 Å². The highest BCUT2D eigenvalue weighted by Crippen LogP contribution is 2.33. The summed E-state index contributed by atoms with van der Waals surface area (Å²) < 4.78 is 18.9. The first-order valence-electron chi connectivity index (χ1n) is 10.5. The highest BCUT2D eigenvalue weighted by molar-refractivity contribution is 7.98. The zero-order valence-corrected chi connectivity index (χ0v) is 19.7. The second-order valence-corrected chi connectivity index (χ2v) is 7.98. The smallest absolute Gasteiger partial charge is 0.227 e. The van der Waals surface area contributed by atoms with Gasteiger partial charge in [0.05, 0.1) is 29.9 Å². The number of benzene rings is 2. The molecule has 1 amide bonds. The van der Waals surface area contributed by atoms with Crippen molar-refractivity contribution in [2.45, 2.75) is 18.5 Å². The van der Waals surface area contributed by atoms with E-state index in [1.807, 2.05) is 6.26 Å². The summed E-state index contributed by atoms with van der Waals surface area (Å²) in [7, 11) is 1.56. The number of ether oxygens (including phenoxy) is 1. The van der Waals surface area contributed by atoms with Crippen LogP contribution in [0.15, 0.2) is 59.9 Å². The van der Waals surface area contributed by atoms with Crippen molar-refractivity contribution >= 4 is 35.0 Å². The van der Waals surface area contributed by atoms with Crippen molar-refractivity contribution in [2.24, 2.45) is 0 Å². The lowest BCUT2D eigenvalue weighted by Gasteiger charge is -2.13. The molecule has 0 aliphatic carbocycles. The molecule has 34 heavy (non-hydrogen) atoms. The molecular weight excluding hydrogens is 455 g/mol. The quantitative estimate of drug-likeness (QED) is 0.287. The van der Waals surface area contributed by atoms with Crippen LogP contribution in [0.5, 0.6) is 5.75 Å². The average Bonchev–Trinajstić information content (AvgIpc) is 3.29. The van der Waals surface area contributed by atoms with E-state index in [2.05, 4.69) is 30.6 Å². The zero-order chi connectivity index (χ0) is 24.1. The number of rotatable bonds is 8. The summed E-state index contributed by atoms with van der Waals surface area (Å²) in [6.07, 6.45) is 3.92. The average molecular weight is 479 g/mol. The van der Waals surface area contributed by atoms with E-state index in [-0.39, 0.29) is 11.7 Å². The Kier molecular flexibility index (Phi) is 7.07. The Morgan fingerprint density at radius 2 is 1.94 bits per heavy atom. The first kappa shape index (κ1) is 23.2. The molecule has 0 fully saturated rings. The number of methoxy groups -OCH3 is 1. The molecule has 10 heteroatoms. The molecule has 0 atom stereocenters. The van der Waals surface area contributed by atoms with Gasteiger partial charge in [-0.3, -0.25) is 4.79 Å². The van der Waals surface area contributed by atoms with E-state index in [1.165, 1.54) is 23.9 Å². The van der Waals surface area contributed by atoms with Crippen molar-refractivity contribution in [3.8, 4) is 28.4 Å². The summed E-state index contributed by atoms with van der Waals surface area (Å²) >= 11 is 1.47. The SMILES string of the molecule is CCC(=O)Nc1ccc(OC)c(Nc2nccc(-c3[nH]c(SC)nc3-c3ccc(F)cc3)n2)c1. The van der Waals surface area contributed by atoms with Crippen LogP contribution in [0.4, 0.5) is 21.7 Å². The van der Waals surface area contributed by atoms with Gasteiger partial charge in [0, 0.05) is 23.9 Å². The molecule has 0 bridgehead atoms. The number of carbonyl (C=O) groups excluding carboxylic acids is 1. The van der Waals surface area contributed by atoms with Gasteiger partial charge in [-0.15, -0.1) is 0 Å². The zero-order valence-electron chi connectivity index (χ0n) is 18.8. The molecule has 0 spiro atoms. The van der Waals surface area contributed by atoms with Crippen molar-refractivity contribution in [3.63, 3.8) is 0 Å². The number of hydrogen-bond acceptors (Lipinski definition) is 7. The van der Waals surface area contributed by atoms with Crippen LogP contribution in [-0.4, -0.2) is 39.2 Å². The van der Waals surface area contributed by atoms with Crippen LogP contribution >= 0.6 is 11.8 Å². The Morgan fingerprint density at radius 1 is 1.15 bits per heavy atom.